The zero-order valence-electron chi connectivity index (χ0n) is 16.5. The minimum Gasteiger partial charge on any atom is -0.497 e. The van der Waals surface area contributed by atoms with Crippen LogP contribution in [0.4, 0.5) is 0 Å². The molecule has 1 N–H and O–H groups in total. The van der Waals surface area contributed by atoms with Crippen LogP contribution in [0.3, 0.4) is 0 Å². The van der Waals surface area contributed by atoms with E-state index in [2.05, 4.69) is 9.71 Å². The summed E-state index contributed by atoms with van der Waals surface area (Å²) in [4.78, 5) is 4.97. The van der Waals surface area contributed by atoms with Gasteiger partial charge in [0.2, 0.25) is 10.0 Å². The molecule has 0 atom stereocenters. The molecule has 0 aliphatic rings. The number of rotatable bonds is 6. The smallest absolute Gasteiger partial charge is 0.241 e. The van der Waals surface area contributed by atoms with Gasteiger partial charge in [-0.05, 0) is 73.9 Å². The van der Waals surface area contributed by atoms with Crippen LogP contribution in [0.5, 0.6) is 5.75 Å². The molecule has 0 unspecified atom stereocenters. The van der Waals surface area contributed by atoms with Gasteiger partial charge in [-0.1, -0.05) is 18.2 Å². The highest BCUT2D eigenvalue weighted by Crippen LogP contribution is 2.27. The number of nitrogens with one attached hydrogen (secondary N) is 1. The zero-order valence-corrected chi connectivity index (χ0v) is 17.3. The van der Waals surface area contributed by atoms with Crippen LogP contribution in [-0.4, -0.2) is 20.5 Å². The maximum Gasteiger partial charge on any atom is 0.241 e. The second kappa shape index (κ2) is 8.12. The Morgan fingerprint density at radius 1 is 0.964 bits per heavy atom. The second-order valence-electron chi connectivity index (χ2n) is 6.73. The van der Waals surface area contributed by atoms with E-state index in [-0.39, 0.29) is 6.54 Å². The number of hydrogen-bond donors (Lipinski definition) is 1. The summed E-state index contributed by atoms with van der Waals surface area (Å²) in [7, 11) is -2.00. The minimum atomic E-state index is -3.62. The number of benzene rings is 2. The van der Waals surface area contributed by atoms with Crippen molar-refractivity contribution in [2.24, 2.45) is 0 Å². The highest BCUT2D eigenvalue weighted by atomic mass is 32.2. The standard InChI is InChI=1S/C22H24N2O3S/c1-15-7-5-6-8-21(15)28(25,26)23-14-20-16(2)13-17(3)24-22(20)18-9-11-19(27-4)12-10-18/h5-13,23H,14H2,1-4H3. The van der Waals surface area contributed by atoms with Gasteiger partial charge >= 0.3 is 0 Å². The van der Waals surface area contributed by atoms with Crippen molar-refractivity contribution >= 4 is 10.0 Å². The largest absolute Gasteiger partial charge is 0.497 e. The van der Waals surface area contributed by atoms with E-state index in [9.17, 15) is 8.42 Å². The molecule has 1 aromatic heterocycles. The Kier molecular flexibility index (Phi) is 5.82. The molecule has 0 saturated carbocycles. The summed E-state index contributed by atoms with van der Waals surface area (Å²) in [5.74, 6) is 0.759. The Labute approximate surface area is 166 Å². The Bertz CT molecular complexity index is 1090. The van der Waals surface area contributed by atoms with Gasteiger partial charge in [0.15, 0.2) is 0 Å². The van der Waals surface area contributed by atoms with Gasteiger partial charge in [-0.15, -0.1) is 0 Å². The molecule has 0 radical (unpaired) electrons. The molecule has 2 aromatic carbocycles. The number of aromatic nitrogens is 1. The van der Waals surface area contributed by atoms with Crippen LogP contribution in [0.2, 0.25) is 0 Å². The molecule has 0 saturated heterocycles. The first-order valence-corrected chi connectivity index (χ1v) is 10.5. The summed E-state index contributed by atoms with van der Waals surface area (Å²) in [5.41, 5.74) is 5.13. The van der Waals surface area contributed by atoms with E-state index in [4.69, 9.17) is 4.74 Å². The zero-order chi connectivity index (χ0) is 20.3. The average Bonchev–Trinajstić information content (AvgIpc) is 2.67. The third-order valence-electron chi connectivity index (χ3n) is 4.66. The van der Waals surface area contributed by atoms with Crippen LogP contribution in [0.15, 0.2) is 59.5 Å². The Balaban J connectivity index is 1.97. The van der Waals surface area contributed by atoms with Gasteiger partial charge in [0.1, 0.15) is 5.75 Å². The van der Waals surface area contributed by atoms with E-state index in [1.54, 1.807) is 32.2 Å². The first-order valence-electron chi connectivity index (χ1n) is 8.98. The molecule has 0 amide bonds. The summed E-state index contributed by atoms with van der Waals surface area (Å²) >= 11 is 0. The van der Waals surface area contributed by atoms with Crippen molar-refractivity contribution < 1.29 is 13.2 Å². The molecule has 0 aliphatic heterocycles. The SMILES string of the molecule is COc1ccc(-c2nc(C)cc(C)c2CNS(=O)(=O)c2ccccc2C)cc1. The van der Waals surface area contributed by atoms with Gasteiger partial charge in [-0.25, -0.2) is 13.1 Å². The number of nitrogens with zero attached hydrogens (tertiary/aromatic N) is 1. The van der Waals surface area contributed by atoms with Crippen molar-refractivity contribution in [1.82, 2.24) is 9.71 Å². The number of methoxy groups -OCH3 is 1. The molecule has 0 spiro atoms. The van der Waals surface area contributed by atoms with Crippen LogP contribution in [-0.2, 0) is 16.6 Å². The monoisotopic (exact) mass is 396 g/mol. The van der Waals surface area contributed by atoms with Gasteiger partial charge < -0.3 is 4.74 Å². The fraction of sp³-hybridized carbons (Fsp3) is 0.227. The van der Waals surface area contributed by atoms with Gasteiger partial charge in [-0.2, -0.15) is 0 Å². The summed E-state index contributed by atoms with van der Waals surface area (Å²) in [5, 5.41) is 0. The van der Waals surface area contributed by atoms with Crippen LogP contribution < -0.4 is 9.46 Å². The van der Waals surface area contributed by atoms with Gasteiger partial charge in [-0.3, -0.25) is 4.98 Å². The van der Waals surface area contributed by atoms with E-state index < -0.39 is 10.0 Å². The predicted octanol–water partition coefficient (Wildman–Crippen LogP) is 4.16. The third-order valence-corrected chi connectivity index (χ3v) is 6.22. The first-order chi connectivity index (χ1) is 13.3. The van der Waals surface area contributed by atoms with Crippen LogP contribution in [0.1, 0.15) is 22.4 Å². The minimum absolute atomic E-state index is 0.164. The summed E-state index contributed by atoms with van der Waals surface area (Å²) in [6.07, 6.45) is 0. The molecule has 146 valence electrons. The fourth-order valence-electron chi connectivity index (χ4n) is 3.18. The lowest BCUT2D eigenvalue weighted by atomic mass is 10.0. The van der Waals surface area contributed by atoms with E-state index >= 15 is 0 Å². The van der Waals surface area contributed by atoms with Crippen molar-refractivity contribution in [2.45, 2.75) is 32.2 Å². The number of sulfonamides is 1. The topological polar surface area (TPSA) is 68.3 Å². The van der Waals surface area contributed by atoms with E-state index in [1.165, 1.54) is 0 Å². The Hall–Kier alpha value is -2.70. The van der Waals surface area contributed by atoms with Crippen molar-refractivity contribution in [3.63, 3.8) is 0 Å². The van der Waals surface area contributed by atoms with Crippen molar-refractivity contribution in [3.05, 3.63) is 77.0 Å². The molecular weight excluding hydrogens is 372 g/mol. The first kappa shape index (κ1) is 20.0. The molecule has 0 aliphatic carbocycles. The molecule has 0 fully saturated rings. The normalized spacial score (nSPS) is 11.4. The van der Waals surface area contributed by atoms with Crippen LogP contribution in [0, 0.1) is 20.8 Å². The molecule has 0 bridgehead atoms. The Morgan fingerprint density at radius 3 is 2.29 bits per heavy atom. The van der Waals surface area contributed by atoms with Gasteiger partial charge in [0.25, 0.3) is 0 Å². The second-order valence-corrected chi connectivity index (χ2v) is 8.46. The lowest BCUT2D eigenvalue weighted by Gasteiger charge is -2.15. The van der Waals surface area contributed by atoms with Crippen molar-refractivity contribution in [3.8, 4) is 17.0 Å². The van der Waals surface area contributed by atoms with Gasteiger partial charge in [0, 0.05) is 17.8 Å². The number of ether oxygens (including phenoxy) is 1. The fourth-order valence-corrected chi connectivity index (χ4v) is 4.42. The maximum absolute atomic E-state index is 12.8. The van der Waals surface area contributed by atoms with Gasteiger partial charge in [0.05, 0.1) is 17.7 Å². The molecule has 1 heterocycles. The van der Waals surface area contributed by atoms with Crippen LogP contribution in [0.25, 0.3) is 11.3 Å². The predicted molar refractivity (Wildman–Crippen MR) is 111 cm³/mol. The quantitative estimate of drug-likeness (QED) is 0.679. The lowest BCUT2D eigenvalue weighted by Crippen LogP contribution is -2.25. The van der Waals surface area contributed by atoms with E-state index in [0.29, 0.717) is 10.5 Å². The lowest BCUT2D eigenvalue weighted by molar-refractivity contribution is 0.415. The highest BCUT2D eigenvalue weighted by molar-refractivity contribution is 7.89. The van der Waals surface area contributed by atoms with E-state index in [1.807, 2.05) is 50.2 Å². The third kappa shape index (κ3) is 4.24. The van der Waals surface area contributed by atoms with E-state index in [0.717, 1.165) is 33.8 Å². The molecule has 6 heteroatoms. The number of hydrogen-bond acceptors (Lipinski definition) is 4. The molecule has 3 aromatic rings. The van der Waals surface area contributed by atoms with Crippen molar-refractivity contribution in [1.29, 1.82) is 0 Å². The Morgan fingerprint density at radius 2 is 1.64 bits per heavy atom. The van der Waals surface area contributed by atoms with Crippen molar-refractivity contribution in [2.75, 3.05) is 7.11 Å². The molecular formula is C22H24N2O3S. The molecule has 5 nitrogen and oxygen atoms in total. The molecule has 28 heavy (non-hydrogen) atoms. The maximum atomic E-state index is 12.8. The number of pyridine rings is 1. The summed E-state index contributed by atoms with van der Waals surface area (Å²) in [6.45, 7) is 5.85. The summed E-state index contributed by atoms with van der Waals surface area (Å²) in [6, 6.07) is 16.5. The average molecular weight is 397 g/mol. The van der Waals surface area contributed by atoms with Crippen LogP contribution >= 0.6 is 0 Å². The summed E-state index contributed by atoms with van der Waals surface area (Å²) < 4.78 is 33.5. The highest BCUT2D eigenvalue weighted by Gasteiger charge is 2.18. The number of aryl methyl sites for hydroxylation is 3. The molecule has 3 rings (SSSR count).